The first kappa shape index (κ1) is 22.3. The van der Waals surface area contributed by atoms with E-state index in [1.807, 2.05) is 44.2 Å². The quantitative estimate of drug-likeness (QED) is 0.722. The van der Waals surface area contributed by atoms with E-state index in [2.05, 4.69) is 22.3 Å². The van der Waals surface area contributed by atoms with Gasteiger partial charge in [0.2, 0.25) is 11.8 Å². The number of likely N-dealkylation sites (tertiary alicyclic amines) is 1. The first-order valence-corrected chi connectivity index (χ1v) is 11.5. The van der Waals surface area contributed by atoms with Crippen LogP contribution in [0.3, 0.4) is 0 Å². The Kier molecular flexibility index (Phi) is 6.80. The van der Waals surface area contributed by atoms with Gasteiger partial charge in [-0.05, 0) is 74.7 Å². The lowest BCUT2D eigenvalue weighted by molar-refractivity contribution is -0.126. The lowest BCUT2D eigenvalue weighted by atomic mass is 10.0. The first-order chi connectivity index (χ1) is 15.5. The van der Waals surface area contributed by atoms with Crippen molar-refractivity contribution >= 4 is 17.5 Å². The van der Waals surface area contributed by atoms with Crippen molar-refractivity contribution in [3.8, 4) is 5.75 Å². The standard InChI is InChI=1S/C26H33N3O3/c1-18-8-6-11-23(19(18)2)29-17-21(15-25(29)30)26(31)27-16-24(28-12-4-5-13-28)20-9-7-10-22(14-20)32-3/h6-11,14,21,24H,4-5,12-13,15-17H2,1-3H3,(H,27,31)/t21-,24+/m1/s1. The van der Waals surface area contributed by atoms with Crippen molar-refractivity contribution in [1.82, 2.24) is 10.2 Å². The topological polar surface area (TPSA) is 61.9 Å². The highest BCUT2D eigenvalue weighted by atomic mass is 16.5. The van der Waals surface area contributed by atoms with Gasteiger partial charge in [-0.25, -0.2) is 0 Å². The van der Waals surface area contributed by atoms with E-state index in [9.17, 15) is 9.59 Å². The van der Waals surface area contributed by atoms with Crippen LogP contribution in [0, 0.1) is 19.8 Å². The molecule has 2 atom stereocenters. The molecule has 2 aliphatic rings. The van der Waals surface area contributed by atoms with Gasteiger partial charge >= 0.3 is 0 Å². The number of ether oxygens (including phenoxy) is 1. The molecule has 0 spiro atoms. The van der Waals surface area contributed by atoms with E-state index in [0.29, 0.717) is 13.1 Å². The van der Waals surface area contributed by atoms with Crippen LogP contribution in [-0.2, 0) is 9.59 Å². The van der Waals surface area contributed by atoms with E-state index in [-0.39, 0.29) is 30.2 Å². The summed E-state index contributed by atoms with van der Waals surface area (Å²) in [6.45, 7) is 7.09. The average Bonchev–Trinajstić information content (AvgIpc) is 3.46. The molecule has 6 nitrogen and oxygen atoms in total. The second-order valence-corrected chi connectivity index (χ2v) is 8.91. The van der Waals surface area contributed by atoms with Gasteiger partial charge in [0.05, 0.1) is 19.1 Å². The van der Waals surface area contributed by atoms with Crippen LogP contribution in [-0.4, -0.2) is 50.0 Å². The third-order valence-corrected chi connectivity index (χ3v) is 6.89. The molecule has 0 unspecified atom stereocenters. The zero-order chi connectivity index (χ0) is 22.7. The fourth-order valence-corrected chi connectivity index (χ4v) is 4.85. The Morgan fingerprint density at radius 3 is 2.66 bits per heavy atom. The van der Waals surface area contributed by atoms with Crippen LogP contribution in [0.2, 0.25) is 0 Å². The van der Waals surface area contributed by atoms with Crippen molar-refractivity contribution in [2.45, 2.75) is 39.2 Å². The number of amides is 2. The highest BCUT2D eigenvalue weighted by Gasteiger charge is 2.36. The zero-order valence-electron chi connectivity index (χ0n) is 19.3. The number of anilines is 1. The summed E-state index contributed by atoms with van der Waals surface area (Å²) < 4.78 is 5.41. The fraction of sp³-hybridized carbons (Fsp3) is 0.462. The first-order valence-electron chi connectivity index (χ1n) is 11.5. The van der Waals surface area contributed by atoms with E-state index in [1.165, 1.54) is 12.8 Å². The van der Waals surface area contributed by atoms with Crippen molar-refractivity contribution in [3.63, 3.8) is 0 Å². The number of aryl methyl sites for hydroxylation is 1. The molecular formula is C26H33N3O3. The van der Waals surface area contributed by atoms with Gasteiger partial charge in [0.1, 0.15) is 5.75 Å². The molecule has 4 rings (SSSR count). The third kappa shape index (κ3) is 4.65. The molecule has 2 amide bonds. The zero-order valence-corrected chi connectivity index (χ0v) is 19.3. The van der Waals surface area contributed by atoms with E-state index in [1.54, 1.807) is 12.0 Å². The van der Waals surface area contributed by atoms with E-state index in [0.717, 1.165) is 41.2 Å². The number of hydrogen-bond donors (Lipinski definition) is 1. The Morgan fingerprint density at radius 2 is 1.91 bits per heavy atom. The van der Waals surface area contributed by atoms with Gasteiger partial charge in [0.25, 0.3) is 0 Å². The van der Waals surface area contributed by atoms with Crippen molar-refractivity contribution in [2.24, 2.45) is 5.92 Å². The van der Waals surface area contributed by atoms with Crippen LogP contribution in [0.4, 0.5) is 5.69 Å². The smallest absolute Gasteiger partial charge is 0.227 e. The van der Waals surface area contributed by atoms with Crippen molar-refractivity contribution in [2.75, 3.05) is 38.2 Å². The second-order valence-electron chi connectivity index (χ2n) is 8.91. The van der Waals surface area contributed by atoms with Crippen molar-refractivity contribution < 1.29 is 14.3 Å². The molecular weight excluding hydrogens is 402 g/mol. The summed E-state index contributed by atoms with van der Waals surface area (Å²) in [6.07, 6.45) is 2.61. The molecule has 0 bridgehead atoms. The predicted molar refractivity (Wildman–Crippen MR) is 126 cm³/mol. The summed E-state index contributed by atoms with van der Waals surface area (Å²) >= 11 is 0. The summed E-state index contributed by atoms with van der Waals surface area (Å²) in [6, 6.07) is 14.2. The number of nitrogens with zero attached hydrogens (tertiary/aromatic N) is 2. The number of methoxy groups -OCH3 is 1. The Balaban J connectivity index is 1.44. The summed E-state index contributed by atoms with van der Waals surface area (Å²) in [5, 5.41) is 3.16. The molecule has 0 saturated carbocycles. The maximum absolute atomic E-state index is 13.1. The van der Waals surface area contributed by atoms with Crippen LogP contribution < -0.4 is 15.0 Å². The summed E-state index contributed by atoms with van der Waals surface area (Å²) in [7, 11) is 1.67. The minimum Gasteiger partial charge on any atom is -0.497 e. The van der Waals surface area contributed by atoms with Crippen LogP contribution in [0.15, 0.2) is 42.5 Å². The lowest BCUT2D eigenvalue weighted by Gasteiger charge is -2.29. The lowest BCUT2D eigenvalue weighted by Crippen LogP contribution is -2.40. The average molecular weight is 436 g/mol. The van der Waals surface area contributed by atoms with Gasteiger partial charge in [-0.2, -0.15) is 0 Å². The summed E-state index contributed by atoms with van der Waals surface area (Å²) in [5.41, 5.74) is 4.30. The van der Waals surface area contributed by atoms with Gasteiger partial charge < -0.3 is 15.0 Å². The Bertz CT molecular complexity index is 984. The van der Waals surface area contributed by atoms with Crippen LogP contribution in [0.1, 0.15) is 42.0 Å². The molecule has 1 N–H and O–H groups in total. The number of rotatable bonds is 7. The van der Waals surface area contributed by atoms with E-state index < -0.39 is 0 Å². The van der Waals surface area contributed by atoms with E-state index >= 15 is 0 Å². The number of hydrogen-bond acceptors (Lipinski definition) is 4. The predicted octanol–water partition coefficient (Wildman–Crippen LogP) is 3.62. The molecule has 2 heterocycles. The van der Waals surface area contributed by atoms with Crippen molar-refractivity contribution in [3.05, 3.63) is 59.2 Å². The third-order valence-electron chi connectivity index (χ3n) is 6.89. The molecule has 2 aliphatic heterocycles. The molecule has 2 aromatic carbocycles. The van der Waals surface area contributed by atoms with Crippen LogP contribution in [0.5, 0.6) is 5.75 Å². The minimum absolute atomic E-state index is 0.0164. The van der Waals surface area contributed by atoms with Crippen molar-refractivity contribution in [1.29, 1.82) is 0 Å². The number of carbonyl (C=O) groups excluding carboxylic acids is 2. The highest BCUT2D eigenvalue weighted by Crippen LogP contribution is 2.30. The molecule has 32 heavy (non-hydrogen) atoms. The molecule has 0 aromatic heterocycles. The van der Waals surface area contributed by atoms with Gasteiger partial charge in [0.15, 0.2) is 0 Å². The van der Waals surface area contributed by atoms with E-state index in [4.69, 9.17) is 4.74 Å². The van der Waals surface area contributed by atoms with Gasteiger partial charge in [-0.1, -0.05) is 24.3 Å². The molecule has 2 saturated heterocycles. The second kappa shape index (κ2) is 9.74. The minimum atomic E-state index is -0.327. The normalized spacial score (nSPS) is 19.9. The van der Waals surface area contributed by atoms with Crippen LogP contribution in [0.25, 0.3) is 0 Å². The number of nitrogens with one attached hydrogen (secondary N) is 1. The van der Waals surface area contributed by atoms with Crippen LogP contribution >= 0.6 is 0 Å². The molecule has 0 aliphatic carbocycles. The van der Waals surface area contributed by atoms with Gasteiger partial charge in [0, 0.05) is 25.2 Å². The Morgan fingerprint density at radius 1 is 1.16 bits per heavy atom. The Labute approximate surface area is 190 Å². The molecule has 6 heteroatoms. The molecule has 170 valence electrons. The van der Waals surface area contributed by atoms with Gasteiger partial charge in [-0.15, -0.1) is 0 Å². The molecule has 2 aromatic rings. The number of carbonyl (C=O) groups is 2. The SMILES string of the molecule is COc1cccc([C@H](CNC(=O)[C@@H]2CC(=O)N(c3cccc(C)c3C)C2)N2CCCC2)c1. The maximum atomic E-state index is 13.1. The summed E-state index contributed by atoms with van der Waals surface area (Å²) in [4.78, 5) is 30.0. The number of benzene rings is 2. The fourth-order valence-electron chi connectivity index (χ4n) is 4.85. The Hall–Kier alpha value is -2.86. The molecule has 2 fully saturated rings. The summed E-state index contributed by atoms with van der Waals surface area (Å²) in [5.74, 6) is 0.469. The monoisotopic (exact) mass is 435 g/mol. The maximum Gasteiger partial charge on any atom is 0.227 e. The highest BCUT2D eigenvalue weighted by molar-refractivity contribution is 6.00. The largest absolute Gasteiger partial charge is 0.497 e. The van der Waals surface area contributed by atoms with Gasteiger partial charge in [-0.3, -0.25) is 14.5 Å². The molecule has 0 radical (unpaired) electrons.